The number of nitrogens with one attached hydrogen (secondary N) is 1. The summed E-state index contributed by atoms with van der Waals surface area (Å²) in [5.41, 5.74) is 2.08. The van der Waals surface area contributed by atoms with Gasteiger partial charge in [-0.2, -0.15) is 0 Å². The van der Waals surface area contributed by atoms with Crippen LogP contribution in [0.1, 0.15) is 27.9 Å². The number of nitro benzene ring substituents is 1. The van der Waals surface area contributed by atoms with Gasteiger partial charge in [0.15, 0.2) is 0 Å². The van der Waals surface area contributed by atoms with Crippen LogP contribution in [0.25, 0.3) is 0 Å². The maximum Gasteiger partial charge on any atom is 0.285 e. The number of fused-ring (bicyclic) bond motifs is 1. The maximum atomic E-state index is 13.2. The second-order valence-electron chi connectivity index (χ2n) is 7.52. The Labute approximate surface area is 185 Å². The average Bonchev–Trinajstić information content (AvgIpc) is 2.78. The molecule has 0 saturated heterocycles. The van der Waals surface area contributed by atoms with E-state index in [9.17, 15) is 23.3 Å². The standard InChI is InChI=1S/C23H21N3O5S/c1-16-6-4-9-20(22(16)26(28)29)23(27)24-18-11-13-19(14-12-18)32(30,31)25-15-5-8-17-7-2-3-10-21(17)25/h2-4,6-7,9-14H,5,8,15H2,1H3,(H,24,27). The fourth-order valence-corrected chi connectivity index (χ4v) is 5.41. The van der Waals surface area contributed by atoms with Crippen LogP contribution in [-0.2, 0) is 16.4 Å². The van der Waals surface area contributed by atoms with Crippen LogP contribution in [0.2, 0.25) is 0 Å². The molecule has 164 valence electrons. The molecule has 0 aromatic heterocycles. The number of nitro groups is 1. The Morgan fingerprint density at radius 3 is 2.47 bits per heavy atom. The topological polar surface area (TPSA) is 110 Å². The predicted octanol–water partition coefficient (Wildman–Crippen LogP) is 4.30. The Hall–Kier alpha value is -3.72. The number of carbonyl (C=O) groups excluding carboxylic acids is 1. The zero-order valence-electron chi connectivity index (χ0n) is 17.3. The van der Waals surface area contributed by atoms with Gasteiger partial charge in [0, 0.05) is 17.8 Å². The summed E-state index contributed by atoms with van der Waals surface area (Å²) in [6.45, 7) is 1.96. The van der Waals surface area contributed by atoms with Gasteiger partial charge in [-0.05, 0) is 61.7 Å². The number of anilines is 2. The number of para-hydroxylation sites is 2. The number of hydrogen-bond donors (Lipinski definition) is 1. The summed E-state index contributed by atoms with van der Waals surface area (Å²) in [6.07, 6.45) is 1.57. The molecular weight excluding hydrogens is 430 g/mol. The normalized spacial score (nSPS) is 13.3. The molecule has 1 N–H and O–H groups in total. The molecule has 0 fully saturated rings. The Kier molecular flexibility index (Phi) is 5.67. The van der Waals surface area contributed by atoms with Crippen molar-refractivity contribution < 1.29 is 18.1 Å². The minimum absolute atomic E-state index is 0.0587. The van der Waals surface area contributed by atoms with Crippen LogP contribution in [0.4, 0.5) is 17.1 Å². The number of aryl methyl sites for hydroxylation is 2. The van der Waals surface area contributed by atoms with Crippen LogP contribution in [0.15, 0.2) is 71.6 Å². The molecule has 9 heteroatoms. The van der Waals surface area contributed by atoms with Crippen molar-refractivity contribution in [3.63, 3.8) is 0 Å². The lowest BCUT2D eigenvalue weighted by Crippen LogP contribution is -2.35. The van der Waals surface area contributed by atoms with Crippen molar-refractivity contribution >= 4 is 33.0 Å². The molecule has 8 nitrogen and oxygen atoms in total. The Morgan fingerprint density at radius 2 is 1.75 bits per heavy atom. The monoisotopic (exact) mass is 451 g/mol. The Balaban J connectivity index is 1.58. The number of sulfonamides is 1. The third kappa shape index (κ3) is 3.94. The largest absolute Gasteiger partial charge is 0.322 e. The van der Waals surface area contributed by atoms with Crippen molar-refractivity contribution in [1.82, 2.24) is 0 Å². The fourth-order valence-electron chi connectivity index (χ4n) is 3.87. The second kappa shape index (κ2) is 8.43. The Bertz CT molecular complexity index is 1300. The molecule has 3 aromatic rings. The zero-order valence-corrected chi connectivity index (χ0v) is 18.1. The van der Waals surface area contributed by atoms with Gasteiger partial charge in [0.2, 0.25) is 0 Å². The molecule has 4 rings (SSSR count). The molecule has 3 aromatic carbocycles. The molecule has 1 aliphatic heterocycles. The first kappa shape index (κ1) is 21.5. The van der Waals surface area contributed by atoms with Crippen molar-refractivity contribution in [2.45, 2.75) is 24.7 Å². The van der Waals surface area contributed by atoms with Crippen molar-refractivity contribution in [2.24, 2.45) is 0 Å². The number of rotatable bonds is 5. The molecule has 0 atom stereocenters. The molecular formula is C23H21N3O5S. The maximum absolute atomic E-state index is 13.2. The second-order valence-corrected chi connectivity index (χ2v) is 9.38. The Morgan fingerprint density at radius 1 is 1.03 bits per heavy atom. The van der Waals surface area contributed by atoms with E-state index in [0.29, 0.717) is 23.5 Å². The van der Waals surface area contributed by atoms with E-state index in [1.54, 1.807) is 25.1 Å². The van der Waals surface area contributed by atoms with E-state index < -0.39 is 20.9 Å². The highest BCUT2D eigenvalue weighted by atomic mass is 32.2. The average molecular weight is 452 g/mol. The third-order valence-electron chi connectivity index (χ3n) is 5.43. The summed E-state index contributed by atoms with van der Waals surface area (Å²) in [6, 6.07) is 17.8. The van der Waals surface area contributed by atoms with Gasteiger partial charge in [-0.25, -0.2) is 8.42 Å². The molecule has 1 heterocycles. The summed E-state index contributed by atoms with van der Waals surface area (Å²) in [7, 11) is -3.77. The predicted molar refractivity (Wildman–Crippen MR) is 122 cm³/mol. The van der Waals surface area contributed by atoms with Crippen molar-refractivity contribution in [3.05, 3.63) is 93.5 Å². The number of benzene rings is 3. The van der Waals surface area contributed by atoms with E-state index in [2.05, 4.69) is 5.32 Å². The van der Waals surface area contributed by atoms with Crippen molar-refractivity contribution in [1.29, 1.82) is 0 Å². The van der Waals surface area contributed by atoms with Crippen molar-refractivity contribution in [3.8, 4) is 0 Å². The van der Waals surface area contributed by atoms with E-state index in [1.807, 2.05) is 18.2 Å². The lowest BCUT2D eigenvalue weighted by molar-refractivity contribution is -0.385. The van der Waals surface area contributed by atoms with E-state index in [-0.39, 0.29) is 16.1 Å². The van der Waals surface area contributed by atoms with E-state index >= 15 is 0 Å². The van der Waals surface area contributed by atoms with Crippen LogP contribution < -0.4 is 9.62 Å². The van der Waals surface area contributed by atoms with Gasteiger partial charge in [0.05, 0.1) is 15.5 Å². The molecule has 1 amide bonds. The number of amides is 1. The lowest BCUT2D eigenvalue weighted by Gasteiger charge is -2.30. The van der Waals surface area contributed by atoms with E-state index in [0.717, 1.165) is 18.4 Å². The van der Waals surface area contributed by atoms with Crippen LogP contribution in [0.3, 0.4) is 0 Å². The first-order valence-electron chi connectivity index (χ1n) is 10.0. The summed E-state index contributed by atoms with van der Waals surface area (Å²) < 4.78 is 27.9. The smallest absolute Gasteiger partial charge is 0.285 e. The summed E-state index contributed by atoms with van der Waals surface area (Å²) in [5.74, 6) is -0.638. The van der Waals surface area contributed by atoms with E-state index in [1.165, 1.54) is 34.6 Å². The fraction of sp³-hybridized carbons (Fsp3) is 0.174. The highest BCUT2D eigenvalue weighted by Crippen LogP contribution is 2.32. The van der Waals surface area contributed by atoms with Crippen molar-refractivity contribution in [2.75, 3.05) is 16.2 Å². The summed E-state index contributed by atoms with van der Waals surface area (Å²) in [4.78, 5) is 23.5. The molecule has 0 spiro atoms. The van der Waals surface area contributed by atoms with Gasteiger partial charge in [0.25, 0.3) is 21.6 Å². The number of hydrogen-bond acceptors (Lipinski definition) is 5. The van der Waals surface area contributed by atoms with Crippen LogP contribution >= 0.6 is 0 Å². The van der Waals surface area contributed by atoms with Gasteiger partial charge < -0.3 is 5.32 Å². The minimum Gasteiger partial charge on any atom is -0.322 e. The highest BCUT2D eigenvalue weighted by molar-refractivity contribution is 7.92. The van der Waals surface area contributed by atoms with Gasteiger partial charge in [0.1, 0.15) is 5.56 Å². The zero-order chi connectivity index (χ0) is 22.9. The first-order valence-corrected chi connectivity index (χ1v) is 11.5. The molecule has 0 radical (unpaired) electrons. The van der Waals surface area contributed by atoms with Gasteiger partial charge >= 0.3 is 0 Å². The highest BCUT2D eigenvalue weighted by Gasteiger charge is 2.29. The molecule has 1 aliphatic rings. The quantitative estimate of drug-likeness (QED) is 0.459. The molecule has 0 aliphatic carbocycles. The van der Waals surface area contributed by atoms with E-state index in [4.69, 9.17) is 0 Å². The van der Waals surface area contributed by atoms with Crippen LogP contribution in [-0.4, -0.2) is 25.8 Å². The number of nitrogens with zero attached hydrogens (tertiary/aromatic N) is 2. The first-order chi connectivity index (χ1) is 15.3. The molecule has 0 bridgehead atoms. The lowest BCUT2D eigenvalue weighted by atomic mass is 10.0. The third-order valence-corrected chi connectivity index (χ3v) is 7.26. The van der Waals surface area contributed by atoms with Gasteiger partial charge in [-0.15, -0.1) is 0 Å². The minimum atomic E-state index is -3.77. The van der Waals surface area contributed by atoms with Gasteiger partial charge in [-0.1, -0.05) is 30.3 Å². The molecule has 0 saturated carbocycles. The summed E-state index contributed by atoms with van der Waals surface area (Å²) >= 11 is 0. The molecule has 32 heavy (non-hydrogen) atoms. The summed E-state index contributed by atoms with van der Waals surface area (Å²) in [5, 5.41) is 13.9. The number of carbonyl (C=O) groups is 1. The van der Waals surface area contributed by atoms with Crippen LogP contribution in [0.5, 0.6) is 0 Å². The van der Waals surface area contributed by atoms with Crippen LogP contribution in [0, 0.1) is 17.0 Å². The molecule has 0 unspecified atom stereocenters. The SMILES string of the molecule is Cc1cccc(C(=O)Nc2ccc(S(=O)(=O)N3CCCc4ccccc43)cc2)c1[N+](=O)[O-]. The van der Waals surface area contributed by atoms with Gasteiger partial charge in [-0.3, -0.25) is 19.2 Å².